The fourth-order valence-corrected chi connectivity index (χ4v) is 7.72. The molecule has 3 heterocycles. The number of hydrogen-bond donors (Lipinski definition) is 1. The van der Waals surface area contributed by atoms with Gasteiger partial charge in [0.1, 0.15) is 30.0 Å². The van der Waals surface area contributed by atoms with Crippen LogP contribution in [0.2, 0.25) is 0 Å². The third kappa shape index (κ3) is 3.06. The molecule has 4 nitrogen and oxygen atoms in total. The van der Waals surface area contributed by atoms with Crippen molar-refractivity contribution < 1.29 is 31.9 Å². The van der Waals surface area contributed by atoms with E-state index in [1.54, 1.807) is 25.4 Å². The molecule has 3 fully saturated rings. The van der Waals surface area contributed by atoms with E-state index < -0.39 is 46.5 Å². The number of allylic oxidation sites excluding steroid dienone is 1. The molecule has 2 aliphatic heterocycles. The molecule has 3 aliphatic rings. The first kappa shape index (κ1) is 24.4. The van der Waals surface area contributed by atoms with Crippen molar-refractivity contribution >= 4 is 10.9 Å². The zero-order chi connectivity index (χ0) is 26.3. The van der Waals surface area contributed by atoms with Gasteiger partial charge in [0.2, 0.25) is 0 Å². The molecule has 194 valence electrons. The minimum Gasteiger partial charge on any atom is -0.497 e. The molecule has 6 atom stereocenters. The summed E-state index contributed by atoms with van der Waals surface area (Å²) in [6.45, 7) is 5.33. The van der Waals surface area contributed by atoms with Gasteiger partial charge in [0.25, 0.3) is 0 Å². The predicted molar refractivity (Wildman–Crippen MR) is 131 cm³/mol. The Labute approximate surface area is 212 Å². The number of nitrogens with zero attached hydrogens (tertiary/aromatic N) is 2. The topological polar surface area (TPSA) is 42.4 Å². The Morgan fingerprint density at radius 1 is 1.19 bits per heavy atom. The largest absolute Gasteiger partial charge is 0.497 e. The molecular formula is C29H29F4N2O2+. The summed E-state index contributed by atoms with van der Waals surface area (Å²) in [7, 11) is 1.56. The highest BCUT2D eigenvalue weighted by atomic mass is 19.2. The van der Waals surface area contributed by atoms with Crippen molar-refractivity contribution in [1.82, 2.24) is 4.98 Å². The van der Waals surface area contributed by atoms with Crippen LogP contribution in [-0.4, -0.2) is 39.8 Å². The van der Waals surface area contributed by atoms with Gasteiger partial charge in [0.15, 0.2) is 23.3 Å². The first-order chi connectivity index (χ1) is 17.7. The van der Waals surface area contributed by atoms with Gasteiger partial charge < -0.3 is 14.3 Å². The van der Waals surface area contributed by atoms with Gasteiger partial charge >= 0.3 is 0 Å². The van der Waals surface area contributed by atoms with Crippen molar-refractivity contribution in [1.29, 1.82) is 0 Å². The van der Waals surface area contributed by atoms with Gasteiger partial charge in [-0.1, -0.05) is 6.08 Å². The first-order valence-corrected chi connectivity index (χ1v) is 12.6. The van der Waals surface area contributed by atoms with Crippen LogP contribution in [0, 0.1) is 42.0 Å². The molecule has 2 saturated heterocycles. The van der Waals surface area contributed by atoms with Gasteiger partial charge in [-0.05, 0) is 42.7 Å². The SMILES string of the molecule is C=CC1CC23CC[N+]2(Cc2c(F)c(F)c(C)c(F)c2F)C([C@H](O)c2ccnc4ccc(OC)cc24)CC13. The number of fused-ring (bicyclic) bond motifs is 1. The molecule has 5 unspecified atom stereocenters. The Kier molecular flexibility index (Phi) is 5.44. The number of benzene rings is 2. The van der Waals surface area contributed by atoms with E-state index in [0.717, 1.165) is 25.2 Å². The fourth-order valence-electron chi connectivity index (χ4n) is 7.72. The maximum atomic E-state index is 15.1. The predicted octanol–water partition coefficient (Wildman–Crippen LogP) is 5.90. The summed E-state index contributed by atoms with van der Waals surface area (Å²) in [5.41, 5.74) is -0.220. The molecule has 0 radical (unpaired) electrons. The first-order valence-electron chi connectivity index (χ1n) is 12.6. The third-order valence-electron chi connectivity index (χ3n) is 9.74. The highest BCUT2D eigenvalue weighted by Gasteiger charge is 2.78. The Bertz CT molecular complexity index is 1420. The highest BCUT2D eigenvalue weighted by molar-refractivity contribution is 5.84. The van der Waals surface area contributed by atoms with Crippen LogP contribution >= 0.6 is 0 Å². The zero-order valence-corrected chi connectivity index (χ0v) is 20.8. The Morgan fingerprint density at radius 2 is 1.92 bits per heavy atom. The molecule has 6 rings (SSSR count). The molecule has 8 heteroatoms. The molecule has 0 bridgehead atoms. The minimum atomic E-state index is -1.36. The van der Waals surface area contributed by atoms with Crippen LogP contribution in [0.1, 0.15) is 42.1 Å². The van der Waals surface area contributed by atoms with Crippen LogP contribution in [0.15, 0.2) is 43.1 Å². The van der Waals surface area contributed by atoms with E-state index in [0.29, 0.717) is 29.8 Å². The minimum absolute atomic E-state index is 0.173. The van der Waals surface area contributed by atoms with Crippen LogP contribution in [0.5, 0.6) is 5.75 Å². The lowest BCUT2D eigenvalue weighted by atomic mass is 9.54. The van der Waals surface area contributed by atoms with Gasteiger partial charge in [-0.25, -0.2) is 17.6 Å². The molecule has 1 spiro atoms. The number of aliphatic hydroxyl groups excluding tert-OH is 1. The number of aliphatic hydroxyl groups is 1. The number of ether oxygens (including phenoxy) is 1. The number of pyridine rings is 1. The van der Waals surface area contributed by atoms with E-state index in [4.69, 9.17) is 4.74 Å². The van der Waals surface area contributed by atoms with Gasteiger partial charge in [-0.3, -0.25) is 4.98 Å². The van der Waals surface area contributed by atoms with Crippen molar-refractivity contribution in [2.24, 2.45) is 11.8 Å². The number of rotatable bonds is 6. The summed E-state index contributed by atoms with van der Waals surface area (Å²) >= 11 is 0. The average Bonchev–Trinajstić information content (AvgIpc) is 3.03. The van der Waals surface area contributed by atoms with E-state index in [1.807, 2.05) is 18.2 Å². The second-order valence-corrected chi connectivity index (χ2v) is 10.9. The molecule has 1 N–H and O–H groups in total. The maximum Gasteiger partial charge on any atom is 0.171 e. The lowest BCUT2D eigenvalue weighted by molar-refractivity contribution is -1.05. The number of hydrogen-bond acceptors (Lipinski definition) is 3. The van der Waals surface area contributed by atoms with E-state index in [1.165, 1.54) is 0 Å². The van der Waals surface area contributed by atoms with Crippen LogP contribution in [-0.2, 0) is 6.54 Å². The summed E-state index contributed by atoms with van der Waals surface area (Å²) in [6, 6.07) is 6.76. The molecule has 1 aliphatic carbocycles. The Hall–Kier alpha value is -2.97. The maximum absolute atomic E-state index is 15.1. The number of halogens is 4. The molecule has 2 aromatic carbocycles. The van der Waals surface area contributed by atoms with E-state index in [-0.39, 0.29) is 28.4 Å². The normalized spacial score (nSPS) is 30.7. The zero-order valence-electron chi connectivity index (χ0n) is 20.8. The lowest BCUT2D eigenvalue weighted by Crippen LogP contribution is -2.79. The molecule has 0 amide bonds. The monoisotopic (exact) mass is 513 g/mol. The van der Waals surface area contributed by atoms with Crippen LogP contribution in [0.25, 0.3) is 10.9 Å². The second kappa shape index (κ2) is 8.27. The van der Waals surface area contributed by atoms with E-state index in [2.05, 4.69) is 11.6 Å². The van der Waals surface area contributed by atoms with Crippen molar-refractivity contribution in [2.45, 2.75) is 50.4 Å². The van der Waals surface area contributed by atoms with Crippen LogP contribution in [0.4, 0.5) is 17.6 Å². The summed E-state index contributed by atoms with van der Waals surface area (Å²) in [4.78, 5) is 4.41. The summed E-state index contributed by atoms with van der Waals surface area (Å²) in [5.74, 6) is -4.40. The summed E-state index contributed by atoms with van der Waals surface area (Å²) < 4.78 is 64.9. The van der Waals surface area contributed by atoms with Crippen molar-refractivity contribution in [3.63, 3.8) is 0 Å². The van der Waals surface area contributed by atoms with Gasteiger partial charge in [0.05, 0.1) is 31.2 Å². The standard InChI is InChI=1S/C29H29F4N2O2/c1-4-16-13-29-8-10-35(29,14-20-26(32)24(30)15(2)25(31)27(20)33)23(12-21(16)29)28(36)18-7-9-34-22-6-5-17(37-3)11-19(18)22/h4-7,9,11,16,21,23,28,36H,1,8,10,12-14H2,2-3H3/q+1/t16?,21?,23?,28-,29?,35?/m1/s1. The van der Waals surface area contributed by atoms with E-state index >= 15 is 8.78 Å². The molecule has 37 heavy (non-hydrogen) atoms. The van der Waals surface area contributed by atoms with E-state index in [9.17, 15) is 13.9 Å². The molecule has 3 aromatic rings. The van der Waals surface area contributed by atoms with Crippen LogP contribution in [0.3, 0.4) is 0 Å². The molecular weight excluding hydrogens is 484 g/mol. The Balaban J connectivity index is 1.48. The quantitative estimate of drug-likeness (QED) is 0.193. The van der Waals surface area contributed by atoms with Crippen molar-refractivity contribution in [3.8, 4) is 5.75 Å². The number of aromatic nitrogens is 1. The fraction of sp³-hybridized carbons (Fsp3) is 0.414. The Morgan fingerprint density at radius 3 is 2.54 bits per heavy atom. The molecule has 1 saturated carbocycles. The smallest absolute Gasteiger partial charge is 0.171 e. The van der Waals surface area contributed by atoms with Crippen molar-refractivity contribution in [3.05, 3.63) is 83.1 Å². The van der Waals surface area contributed by atoms with Gasteiger partial charge in [-0.15, -0.1) is 6.58 Å². The van der Waals surface area contributed by atoms with Gasteiger partial charge in [0, 0.05) is 35.9 Å². The van der Waals surface area contributed by atoms with Crippen molar-refractivity contribution in [2.75, 3.05) is 13.7 Å². The average molecular weight is 514 g/mol. The summed E-state index contributed by atoms with van der Waals surface area (Å²) in [6.07, 6.45) is 4.77. The second-order valence-electron chi connectivity index (χ2n) is 10.9. The summed E-state index contributed by atoms with van der Waals surface area (Å²) in [5, 5.41) is 12.6. The van der Waals surface area contributed by atoms with Crippen LogP contribution < -0.4 is 4.74 Å². The third-order valence-corrected chi connectivity index (χ3v) is 9.74. The van der Waals surface area contributed by atoms with Gasteiger partial charge in [-0.2, -0.15) is 0 Å². The molecule has 1 aromatic heterocycles. The lowest BCUT2D eigenvalue weighted by Gasteiger charge is -2.67. The number of quaternary nitrogens is 1. The highest BCUT2D eigenvalue weighted by Crippen LogP contribution is 2.69. The number of methoxy groups -OCH3 is 1.